The van der Waals surface area contributed by atoms with Crippen molar-refractivity contribution in [3.8, 4) is 0 Å². The first-order valence-corrected chi connectivity index (χ1v) is 8.23. The highest BCUT2D eigenvalue weighted by Crippen LogP contribution is 2.32. The molecule has 22 heavy (non-hydrogen) atoms. The molecule has 1 aromatic heterocycles. The first-order chi connectivity index (χ1) is 10.3. The lowest BCUT2D eigenvalue weighted by Crippen LogP contribution is -2.29. The number of nitrogens with one attached hydrogen (secondary N) is 2. The molecule has 6 nitrogen and oxygen atoms in total. The molecule has 122 valence electrons. The highest BCUT2D eigenvalue weighted by molar-refractivity contribution is 7.17. The Hall–Kier alpha value is -1.47. The van der Waals surface area contributed by atoms with Crippen LogP contribution in [0.4, 0.5) is 5.13 Å². The van der Waals surface area contributed by atoms with Gasteiger partial charge in [0.25, 0.3) is 0 Å². The number of methoxy groups -OCH3 is 1. The number of nitrogens with zero attached hydrogens (tertiary/aromatic N) is 1. The topological polar surface area (TPSA) is 80.3 Å². The fourth-order valence-corrected chi connectivity index (χ4v) is 3.10. The van der Waals surface area contributed by atoms with Crippen molar-refractivity contribution in [1.82, 2.24) is 10.3 Å². The molecule has 2 N–H and O–H groups in total. The molecule has 0 radical (unpaired) electrons. The van der Waals surface area contributed by atoms with Gasteiger partial charge in [-0.25, -0.2) is 9.78 Å². The normalized spacial score (nSPS) is 14.7. The molecule has 0 aliphatic heterocycles. The quantitative estimate of drug-likeness (QED) is 0.784. The molecule has 0 unspecified atom stereocenters. The zero-order valence-electron chi connectivity index (χ0n) is 13.5. The number of hydrogen-bond acceptors (Lipinski definition) is 6. The van der Waals surface area contributed by atoms with E-state index in [2.05, 4.69) is 15.6 Å². The van der Waals surface area contributed by atoms with E-state index in [1.54, 1.807) is 0 Å². The molecule has 1 heterocycles. The molecular weight excluding hydrogens is 302 g/mol. The minimum atomic E-state index is -0.421. The molecule has 2 rings (SSSR count). The van der Waals surface area contributed by atoms with Crippen molar-refractivity contribution in [2.75, 3.05) is 25.5 Å². The van der Waals surface area contributed by atoms with Gasteiger partial charge in [0, 0.05) is 5.41 Å². The Morgan fingerprint density at radius 2 is 2.05 bits per heavy atom. The summed E-state index contributed by atoms with van der Waals surface area (Å²) in [6, 6.07) is 0. The Morgan fingerprint density at radius 1 is 1.36 bits per heavy atom. The third-order valence-electron chi connectivity index (χ3n) is 3.37. The van der Waals surface area contributed by atoms with Crippen LogP contribution in [0.15, 0.2) is 0 Å². The standard InChI is InChI=1S/C15H23N3O3S/c1-15(2,3)12-11(13(20)21-4)22-14(18-12)17-10(19)8-16-7-9-5-6-9/h9,16H,5-8H2,1-4H3,(H,17,18,19). The van der Waals surface area contributed by atoms with Crippen molar-refractivity contribution in [2.24, 2.45) is 5.92 Å². The van der Waals surface area contributed by atoms with Gasteiger partial charge in [-0.1, -0.05) is 32.1 Å². The van der Waals surface area contributed by atoms with Gasteiger partial charge < -0.3 is 15.4 Å². The van der Waals surface area contributed by atoms with E-state index in [9.17, 15) is 9.59 Å². The summed E-state index contributed by atoms with van der Waals surface area (Å²) in [5.41, 5.74) is 0.346. The summed E-state index contributed by atoms with van der Waals surface area (Å²) in [7, 11) is 1.34. The molecule has 1 aromatic rings. The number of carbonyl (C=O) groups excluding carboxylic acids is 2. The second-order valence-electron chi connectivity index (χ2n) is 6.56. The third kappa shape index (κ3) is 4.51. The maximum Gasteiger partial charge on any atom is 0.350 e. The van der Waals surface area contributed by atoms with Crippen LogP contribution in [0.3, 0.4) is 0 Å². The van der Waals surface area contributed by atoms with Crippen molar-refractivity contribution in [3.05, 3.63) is 10.6 Å². The summed E-state index contributed by atoms with van der Waals surface area (Å²) < 4.78 is 4.80. The monoisotopic (exact) mass is 325 g/mol. The minimum Gasteiger partial charge on any atom is -0.465 e. The summed E-state index contributed by atoms with van der Waals surface area (Å²) in [6.07, 6.45) is 2.50. The van der Waals surface area contributed by atoms with E-state index in [-0.39, 0.29) is 17.9 Å². The zero-order valence-corrected chi connectivity index (χ0v) is 14.3. The van der Waals surface area contributed by atoms with Gasteiger partial charge in [-0.3, -0.25) is 4.79 Å². The van der Waals surface area contributed by atoms with Gasteiger partial charge in [0.1, 0.15) is 4.88 Å². The fraction of sp³-hybridized carbons (Fsp3) is 0.667. The molecule has 1 aliphatic carbocycles. The highest BCUT2D eigenvalue weighted by atomic mass is 32.1. The molecule has 0 atom stereocenters. The summed E-state index contributed by atoms with van der Waals surface area (Å²) in [5, 5.41) is 6.31. The molecule has 1 amide bonds. The van der Waals surface area contributed by atoms with Gasteiger partial charge in [-0.2, -0.15) is 0 Å². The Bertz CT molecular complexity index is 559. The molecule has 1 fully saturated rings. The van der Waals surface area contributed by atoms with Crippen LogP contribution in [0.5, 0.6) is 0 Å². The number of ether oxygens (including phenoxy) is 1. The van der Waals surface area contributed by atoms with Gasteiger partial charge in [0.05, 0.1) is 19.3 Å². The van der Waals surface area contributed by atoms with Crippen molar-refractivity contribution < 1.29 is 14.3 Å². The number of thiazole rings is 1. The minimum absolute atomic E-state index is 0.147. The van der Waals surface area contributed by atoms with Crippen LogP contribution in [0, 0.1) is 5.92 Å². The van der Waals surface area contributed by atoms with E-state index < -0.39 is 5.97 Å². The van der Waals surface area contributed by atoms with Gasteiger partial charge in [0.15, 0.2) is 5.13 Å². The number of esters is 1. The number of carbonyl (C=O) groups is 2. The largest absolute Gasteiger partial charge is 0.465 e. The maximum atomic E-state index is 11.9. The summed E-state index contributed by atoms with van der Waals surface area (Å²) in [6.45, 7) is 7.05. The van der Waals surface area contributed by atoms with E-state index in [4.69, 9.17) is 4.74 Å². The molecule has 0 bridgehead atoms. The van der Waals surface area contributed by atoms with Gasteiger partial charge in [-0.15, -0.1) is 0 Å². The van der Waals surface area contributed by atoms with Crippen LogP contribution < -0.4 is 10.6 Å². The predicted molar refractivity (Wildman–Crippen MR) is 86.4 cm³/mol. The van der Waals surface area contributed by atoms with Crippen molar-refractivity contribution in [1.29, 1.82) is 0 Å². The summed E-state index contributed by atoms with van der Waals surface area (Å²) in [5.74, 6) is 0.159. The first kappa shape index (κ1) is 16.9. The van der Waals surface area contributed by atoms with Crippen molar-refractivity contribution in [2.45, 2.75) is 39.0 Å². The molecule has 7 heteroatoms. The Morgan fingerprint density at radius 3 is 2.59 bits per heavy atom. The van der Waals surface area contributed by atoms with Crippen molar-refractivity contribution >= 4 is 28.3 Å². The predicted octanol–water partition coefficient (Wildman–Crippen LogP) is 2.17. The van der Waals surface area contributed by atoms with E-state index in [0.29, 0.717) is 15.7 Å². The Kier molecular flexibility index (Phi) is 5.18. The first-order valence-electron chi connectivity index (χ1n) is 7.41. The Balaban J connectivity index is 2.02. The molecular formula is C15H23N3O3S. The lowest BCUT2D eigenvalue weighted by atomic mass is 9.91. The van der Waals surface area contributed by atoms with Gasteiger partial charge >= 0.3 is 5.97 Å². The van der Waals surface area contributed by atoms with Crippen LogP contribution in [-0.4, -0.2) is 37.1 Å². The van der Waals surface area contributed by atoms with Gasteiger partial charge in [0.2, 0.25) is 5.91 Å². The molecule has 0 saturated heterocycles. The highest BCUT2D eigenvalue weighted by Gasteiger charge is 2.28. The number of rotatable bonds is 6. The lowest BCUT2D eigenvalue weighted by molar-refractivity contribution is -0.115. The average molecular weight is 325 g/mol. The Labute approximate surface area is 134 Å². The molecule has 0 aromatic carbocycles. The van der Waals surface area contributed by atoms with Crippen LogP contribution in [0.1, 0.15) is 49.0 Å². The van der Waals surface area contributed by atoms with Crippen LogP contribution in [0.2, 0.25) is 0 Å². The van der Waals surface area contributed by atoms with Crippen LogP contribution >= 0.6 is 11.3 Å². The number of hydrogen-bond donors (Lipinski definition) is 2. The summed E-state index contributed by atoms with van der Waals surface area (Å²) >= 11 is 1.15. The second kappa shape index (κ2) is 6.75. The number of amides is 1. The molecule has 0 spiro atoms. The van der Waals surface area contributed by atoms with Gasteiger partial charge in [-0.05, 0) is 25.3 Å². The molecule has 1 saturated carbocycles. The maximum absolute atomic E-state index is 11.9. The SMILES string of the molecule is COC(=O)c1sc(NC(=O)CNCC2CC2)nc1C(C)(C)C. The average Bonchev–Trinajstić information content (AvgIpc) is 3.15. The van der Waals surface area contributed by atoms with E-state index in [1.807, 2.05) is 20.8 Å². The number of anilines is 1. The third-order valence-corrected chi connectivity index (χ3v) is 4.32. The zero-order chi connectivity index (χ0) is 16.3. The van der Waals surface area contributed by atoms with Crippen LogP contribution in [-0.2, 0) is 14.9 Å². The second-order valence-corrected chi connectivity index (χ2v) is 7.56. The van der Waals surface area contributed by atoms with E-state index in [0.717, 1.165) is 23.8 Å². The summed E-state index contributed by atoms with van der Waals surface area (Å²) in [4.78, 5) is 28.6. The fourth-order valence-electron chi connectivity index (χ4n) is 1.99. The van der Waals surface area contributed by atoms with E-state index >= 15 is 0 Å². The van der Waals surface area contributed by atoms with E-state index in [1.165, 1.54) is 20.0 Å². The lowest BCUT2D eigenvalue weighted by Gasteiger charge is -2.16. The smallest absolute Gasteiger partial charge is 0.350 e. The van der Waals surface area contributed by atoms with Crippen molar-refractivity contribution in [3.63, 3.8) is 0 Å². The van der Waals surface area contributed by atoms with Crippen LogP contribution in [0.25, 0.3) is 0 Å². The number of aromatic nitrogens is 1. The molecule has 1 aliphatic rings.